The fraction of sp³-hybridized carbons (Fsp3) is 0.222. The minimum Gasteiger partial charge on any atom is -0.507 e. The third kappa shape index (κ3) is 4.11. The number of aryl methyl sites for hydroxylation is 1. The summed E-state index contributed by atoms with van der Waals surface area (Å²) in [6.07, 6.45) is 3.26. The van der Waals surface area contributed by atoms with Crippen molar-refractivity contribution >= 4 is 28.3 Å². The van der Waals surface area contributed by atoms with E-state index in [0.29, 0.717) is 39.0 Å². The topological polar surface area (TPSA) is 104 Å². The largest absolute Gasteiger partial charge is 0.507 e. The van der Waals surface area contributed by atoms with Gasteiger partial charge in [0.25, 0.3) is 0 Å². The molecule has 1 aliphatic heterocycles. The Bertz CT molecular complexity index is 1740. The highest BCUT2D eigenvalue weighted by Crippen LogP contribution is 2.42. The minimum absolute atomic E-state index is 0.0884. The highest BCUT2D eigenvalue weighted by molar-refractivity contribution is 6.32. The average molecular weight is 534 g/mol. The van der Waals surface area contributed by atoms with Crippen LogP contribution in [0.15, 0.2) is 59.7 Å². The normalized spacial score (nSPS) is 15.9. The van der Waals surface area contributed by atoms with Crippen molar-refractivity contribution in [3.8, 4) is 33.7 Å². The van der Waals surface area contributed by atoms with E-state index in [-0.39, 0.29) is 17.0 Å². The van der Waals surface area contributed by atoms with Crippen LogP contribution in [0.3, 0.4) is 0 Å². The van der Waals surface area contributed by atoms with Crippen molar-refractivity contribution in [3.05, 3.63) is 76.2 Å². The van der Waals surface area contributed by atoms with Gasteiger partial charge in [0.05, 0.1) is 16.4 Å². The van der Waals surface area contributed by atoms with Gasteiger partial charge >= 0.3 is 5.69 Å². The number of nitrogens with one attached hydrogen (secondary N) is 2. The van der Waals surface area contributed by atoms with Crippen LogP contribution in [0, 0.1) is 5.82 Å². The second kappa shape index (κ2) is 9.30. The maximum Gasteiger partial charge on any atom is 0.332 e. The predicted molar refractivity (Wildman–Crippen MR) is 146 cm³/mol. The Morgan fingerprint density at radius 1 is 1.05 bits per heavy atom. The van der Waals surface area contributed by atoms with E-state index in [2.05, 4.69) is 32.6 Å². The van der Waals surface area contributed by atoms with Crippen LogP contribution >= 0.6 is 11.6 Å². The van der Waals surface area contributed by atoms with E-state index >= 15 is 0 Å². The van der Waals surface area contributed by atoms with Crippen LogP contribution in [0.5, 0.6) is 5.75 Å². The van der Waals surface area contributed by atoms with Crippen LogP contribution in [0.25, 0.3) is 39.0 Å². The lowest BCUT2D eigenvalue weighted by Gasteiger charge is -2.33. The van der Waals surface area contributed by atoms with Gasteiger partial charge in [-0.2, -0.15) is 15.4 Å². The molecule has 0 bridgehead atoms. The molecule has 1 saturated heterocycles. The van der Waals surface area contributed by atoms with E-state index in [1.165, 1.54) is 21.3 Å². The molecule has 0 radical (unpaired) electrons. The summed E-state index contributed by atoms with van der Waals surface area (Å²) in [5.41, 5.74) is 4.19. The van der Waals surface area contributed by atoms with Crippen LogP contribution in [-0.4, -0.2) is 55.3 Å². The number of anilines is 1. The second-order valence-corrected chi connectivity index (χ2v) is 9.97. The van der Waals surface area contributed by atoms with Crippen molar-refractivity contribution in [1.82, 2.24) is 29.9 Å². The van der Waals surface area contributed by atoms with Gasteiger partial charge in [-0.1, -0.05) is 17.7 Å². The quantitative estimate of drug-likeness (QED) is 0.322. The first-order chi connectivity index (χ1) is 18.3. The molecule has 0 amide bonds. The number of hydrogen-bond acceptors (Lipinski definition) is 6. The first-order valence-corrected chi connectivity index (χ1v) is 12.6. The van der Waals surface area contributed by atoms with Gasteiger partial charge in [0.2, 0.25) is 0 Å². The zero-order valence-electron chi connectivity index (χ0n) is 20.7. The standard InChI is InChI=1S/C27H25ClFN7O2/c1-15-14-35(6-5-30-15)24-11-17(10-22-25(24)32-33-31-22)20-13-18(29)12-19(26(20)37)16-3-4-23(21(28)9-16)36-8-7-34(2)27(36)38/h3-4,7-13,15,30,37H,5-6,14H2,1-2H3,(H,31,32,33)/t15-/m0/s1. The number of benzene rings is 3. The summed E-state index contributed by atoms with van der Waals surface area (Å²) >= 11 is 6.54. The summed E-state index contributed by atoms with van der Waals surface area (Å²) in [6.45, 7) is 4.50. The zero-order valence-corrected chi connectivity index (χ0v) is 21.5. The van der Waals surface area contributed by atoms with Gasteiger partial charge < -0.3 is 19.9 Å². The smallest absolute Gasteiger partial charge is 0.332 e. The van der Waals surface area contributed by atoms with Gasteiger partial charge in [-0.25, -0.2) is 9.18 Å². The lowest BCUT2D eigenvalue weighted by atomic mass is 9.96. The Labute approximate surface area is 222 Å². The maximum atomic E-state index is 15.0. The van der Waals surface area contributed by atoms with Gasteiger partial charge in [-0.3, -0.25) is 4.57 Å². The number of aromatic hydroxyl groups is 1. The fourth-order valence-corrected chi connectivity index (χ4v) is 5.31. The van der Waals surface area contributed by atoms with Gasteiger partial charge in [0.1, 0.15) is 22.6 Å². The summed E-state index contributed by atoms with van der Waals surface area (Å²) in [6, 6.07) is 11.6. The number of aromatic amines is 1. The number of imidazole rings is 1. The third-order valence-corrected chi connectivity index (χ3v) is 7.27. The number of piperazine rings is 1. The van der Waals surface area contributed by atoms with Crippen molar-refractivity contribution in [2.24, 2.45) is 7.05 Å². The molecule has 1 fully saturated rings. The number of aromatic nitrogens is 5. The molecule has 3 heterocycles. The summed E-state index contributed by atoms with van der Waals surface area (Å²) in [5.74, 6) is -0.598. The molecule has 9 nitrogen and oxygen atoms in total. The molecular formula is C27H25ClFN7O2. The average Bonchev–Trinajstić information content (AvgIpc) is 3.51. The second-order valence-electron chi connectivity index (χ2n) is 9.57. The summed E-state index contributed by atoms with van der Waals surface area (Å²) in [5, 5.41) is 26.4. The summed E-state index contributed by atoms with van der Waals surface area (Å²) < 4.78 is 17.9. The highest BCUT2D eigenvalue weighted by Gasteiger charge is 2.22. The molecule has 38 heavy (non-hydrogen) atoms. The molecule has 3 aromatic carbocycles. The highest BCUT2D eigenvalue weighted by atomic mass is 35.5. The SMILES string of the molecule is C[C@H]1CN(c2cc(-c3cc(F)cc(-c4ccc(-n5ccn(C)c5=O)c(Cl)c4)c3O)cc3n[nH]nc23)CCN1. The molecular weight excluding hydrogens is 509 g/mol. The van der Waals surface area contributed by atoms with Crippen LogP contribution < -0.4 is 15.9 Å². The molecule has 0 spiro atoms. The predicted octanol–water partition coefficient (Wildman–Crippen LogP) is 4.08. The van der Waals surface area contributed by atoms with Crippen molar-refractivity contribution in [2.45, 2.75) is 13.0 Å². The van der Waals surface area contributed by atoms with Crippen LogP contribution in [-0.2, 0) is 7.05 Å². The molecule has 0 saturated carbocycles. The van der Waals surface area contributed by atoms with Crippen molar-refractivity contribution < 1.29 is 9.50 Å². The van der Waals surface area contributed by atoms with Gasteiger partial charge in [0.15, 0.2) is 0 Å². The van der Waals surface area contributed by atoms with E-state index in [0.717, 1.165) is 30.8 Å². The minimum atomic E-state index is -0.509. The Morgan fingerprint density at radius 2 is 1.84 bits per heavy atom. The Morgan fingerprint density at radius 3 is 2.55 bits per heavy atom. The Hall–Kier alpha value is -4.15. The van der Waals surface area contributed by atoms with Crippen molar-refractivity contribution in [3.63, 3.8) is 0 Å². The molecule has 0 aliphatic carbocycles. The molecule has 5 aromatic rings. The van der Waals surface area contributed by atoms with E-state index in [9.17, 15) is 14.3 Å². The lowest BCUT2D eigenvalue weighted by molar-refractivity contribution is 0.477. The van der Waals surface area contributed by atoms with Crippen LogP contribution in [0.2, 0.25) is 5.02 Å². The number of phenols is 1. The van der Waals surface area contributed by atoms with Crippen LogP contribution in [0.1, 0.15) is 6.92 Å². The van der Waals surface area contributed by atoms with Gasteiger partial charge in [-0.15, -0.1) is 0 Å². The van der Waals surface area contributed by atoms with Gasteiger partial charge in [-0.05, 0) is 54.4 Å². The fourth-order valence-electron chi connectivity index (χ4n) is 5.04. The number of phenolic OH excluding ortho intramolecular Hbond substituents is 1. The van der Waals surface area contributed by atoms with Crippen LogP contribution in [0.4, 0.5) is 10.1 Å². The Kier molecular flexibility index (Phi) is 5.93. The molecule has 194 valence electrons. The Balaban J connectivity index is 1.46. The van der Waals surface area contributed by atoms with E-state index < -0.39 is 5.82 Å². The van der Waals surface area contributed by atoms with Gasteiger partial charge in [0, 0.05) is 56.2 Å². The van der Waals surface area contributed by atoms with Crippen molar-refractivity contribution in [2.75, 3.05) is 24.5 Å². The molecule has 6 rings (SSSR count). The first kappa shape index (κ1) is 24.2. The number of hydrogen-bond donors (Lipinski definition) is 3. The molecule has 11 heteroatoms. The molecule has 3 N–H and O–H groups in total. The number of nitrogens with zero attached hydrogens (tertiary/aromatic N) is 5. The monoisotopic (exact) mass is 533 g/mol. The van der Waals surface area contributed by atoms with E-state index in [1.54, 1.807) is 43.7 Å². The van der Waals surface area contributed by atoms with E-state index in [1.807, 2.05) is 6.07 Å². The zero-order chi connectivity index (χ0) is 26.6. The number of halogens is 2. The molecule has 1 aliphatic rings. The lowest BCUT2D eigenvalue weighted by Crippen LogP contribution is -2.49. The van der Waals surface area contributed by atoms with Crippen molar-refractivity contribution in [1.29, 1.82) is 0 Å². The summed E-state index contributed by atoms with van der Waals surface area (Å²) in [7, 11) is 1.65. The number of fused-ring (bicyclic) bond motifs is 1. The third-order valence-electron chi connectivity index (χ3n) is 6.96. The summed E-state index contributed by atoms with van der Waals surface area (Å²) in [4.78, 5) is 14.6. The first-order valence-electron chi connectivity index (χ1n) is 12.2. The molecule has 2 aromatic heterocycles. The maximum absolute atomic E-state index is 15.0. The number of rotatable bonds is 4. The molecule has 0 unspecified atom stereocenters. The van der Waals surface area contributed by atoms with E-state index in [4.69, 9.17) is 11.6 Å². The molecule has 1 atom stereocenters. The number of H-pyrrole nitrogens is 1.